The topological polar surface area (TPSA) is 90.9 Å². The smallest absolute Gasteiger partial charge is 0.335 e. The molecule has 3 N–H and O–H groups in total. The van der Waals surface area contributed by atoms with E-state index in [1.54, 1.807) is 17.0 Å². The van der Waals surface area contributed by atoms with Gasteiger partial charge < -0.3 is 25.4 Å². The van der Waals surface area contributed by atoms with Gasteiger partial charge in [0.15, 0.2) is 0 Å². The number of aromatic carboxylic acids is 1. The van der Waals surface area contributed by atoms with Crippen molar-refractivity contribution in [2.24, 2.45) is 0 Å². The van der Waals surface area contributed by atoms with Crippen LogP contribution in [-0.4, -0.2) is 30.1 Å². The Morgan fingerprint density at radius 2 is 1.51 bits per heavy atom. The zero-order valence-corrected chi connectivity index (χ0v) is 28.0. The summed E-state index contributed by atoms with van der Waals surface area (Å²) < 4.78 is 5.84. The fourth-order valence-electron chi connectivity index (χ4n) is 5.28. The number of hydrogen-bond donors (Lipinski definition) is 3. The zero-order valence-electron chi connectivity index (χ0n) is 28.0. The number of ether oxygens (including phenoxy) is 1. The van der Waals surface area contributed by atoms with Crippen LogP contribution in [0.4, 0.5) is 17.1 Å². The minimum absolute atomic E-state index is 0.0349. The van der Waals surface area contributed by atoms with Crippen LogP contribution in [0.5, 0.6) is 5.75 Å². The Hall–Kier alpha value is -5.04. The molecule has 1 fully saturated rings. The van der Waals surface area contributed by atoms with E-state index < -0.39 is 5.97 Å². The number of benzene rings is 4. The molecule has 0 bridgehead atoms. The fraction of sp³-hybridized carbons (Fsp3) is 0.300. The molecule has 1 aliphatic carbocycles. The number of carboxylic acids is 1. The Morgan fingerprint density at radius 3 is 2.13 bits per heavy atom. The highest BCUT2D eigenvalue weighted by Crippen LogP contribution is 2.33. The number of para-hydroxylation sites is 2. The highest BCUT2D eigenvalue weighted by molar-refractivity contribution is 5.94. The van der Waals surface area contributed by atoms with E-state index in [1.807, 2.05) is 68.4 Å². The van der Waals surface area contributed by atoms with Crippen molar-refractivity contribution in [2.45, 2.75) is 65.7 Å². The molecular formula is C40H47N3O4. The van der Waals surface area contributed by atoms with Crippen molar-refractivity contribution >= 4 is 28.9 Å². The number of amides is 1. The number of nitrogens with zero attached hydrogens (tertiary/aromatic N) is 1. The quantitative estimate of drug-likeness (QED) is 0.128. The molecule has 4 aromatic rings. The van der Waals surface area contributed by atoms with Crippen LogP contribution < -0.4 is 20.3 Å². The first kappa shape index (κ1) is 34.8. The summed E-state index contributed by atoms with van der Waals surface area (Å²) in [6.45, 7) is 9.09. The summed E-state index contributed by atoms with van der Waals surface area (Å²) in [6.07, 6.45) is 4.70. The molecular weight excluding hydrogens is 586 g/mol. The highest BCUT2D eigenvalue weighted by Gasteiger charge is 2.19. The Balaban J connectivity index is 0.00000245. The summed E-state index contributed by atoms with van der Waals surface area (Å²) in [5, 5.41) is 16.4. The predicted molar refractivity (Wildman–Crippen MR) is 192 cm³/mol. The van der Waals surface area contributed by atoms with Gasteiger partial charge in [-0.3, -0.25) is 4.79 Å². The molecule has 7 heteroatoms. The normalized spacial score (nSPS) is 12.5. The van der Waals surface area contributed by atoms with E-state index in [1.165, 1.54) is 29.7 Å². The number of carbonyl (C=O) groups is 2. The van der Waals surface area contributed by atoms with Gasteiger partial charge >= 0.3 is 5.97 Å². The average Bonchev–Trinajstić information content (AvgIpc) is 3.08. The van der Waals surface area contributed by atoms with Crippen molar-refractivity contribution in [1.29, 1.82) is 0 Å². The van der Waals surface area contributed by atoms with Crippen LogP contribution in [0.2, 0.25) is 0 Å². The molecule has 0 aliphatic heterocycles. The van der Waals surface area contributed by atoms with Crippen LogP contribution in [0, 0.1) is 0 Å². The maximum atomic E-state index is 13.6. The molecule has 0 heterocycles. The lowest BCUT2D eigenvalue weighted by atomic mass is 9.91. The van der Waals surface area contributed by atoms with Gasteiger partial charge in [-0.15, -0.1) is 0 Å². The monoisotopic (exact) mass is 633 g/mol. The van der Waals surface area contributed by atoms with Crippen molar-refractivity contribution < 1.29 is 19.4 Å². The molecule has 4 aromatic carbocycles. The molecule has 246 valence electrons. The second-order valence-corrected chi connectivity index (χ2v) is 11.4. The highest BCUT2D eigenvalue weighted by atomic mass is 16.5. The zero-order chi connectivity index (χ0) is 33.6. The van der Waals surface area contributed by atoms with Gasteiger partial charge in [0.05, 0.1) is 18.5 Å². The molecule has 0 saturated heterocycles. The maximum Gasteiger partial charge on any atom is 0.335 e. The number of carboxylic acid groups (broad SMARTS) is 1. The van der Waals surface area contributed by atoms with E-state index >= 15 is 0 Å². The molecule has 1 aliphatic rings. The third kappa shape index (κ3) is 9.72. The average molecular weight is 634 g/mol. The van der Waals surface area contributed by atoms with E-state index in [0.29, 0.717) is 18.2 Å². The van der Waals surface area contributed by atoms with E-state index in [2.05, 4.69) is 48.7 Å². The molecule has 7 nitrogen and oxygen atoms in total. The van der Waals surface area contributed by atoms with Crippen LogP contribution in [0.15, 0.2) is 115 Å². The molecule has 1 atom stereocenters. The summed E-state index contributed by atoms with van der Waals surface area (Å²) >= 11 is 0. The van der Waals surface area contributed by atoms with Gasteiger partial charge in [0, 0.05) is 17.1 Å². The summed E-state index contributed by atoms with van der Waals surface area (Å²) in [6, 6.07) is 32.4. The van der Waals surface area contributed by atoms with E-state index in [-0.39, 0.29) is 24.5 Å². The summed E-state index contributed by atoms with van der Waals surface area (Å²) in [4.78, 5) is 26.4. The second-order valence-electron chi connectivity index (χ2n) is 11.4. The number of anilines is 3. The Morgan fingerprint density at radius 1 is 0.851 bits per heavy atom. The van der Waals surface area contributed by atoms with Gasteiger partial charge in [-0.2, -0.15) is 0 Å². The van der Waals surface area contributed by atoms with Crippen molar-refractivity contribution in [1.82, 2.24) is 0 Å². The third-order valence-corrected chi connectivity index (χ3v) is 8.31. The first-order chi connectivity index (χ1) is 22.9. The van der Waals surface area contributed by atoms with Crippen molar-refractivity contribution in [2.75, 3.05) is 28.7 Å². The molecule has 0 radical (unpaired) electrons. The van der Waals surface area contributed by atoms with Crippen LogP contribution in [-0.2, 0) is 11.2 Å². The second kappa shape index (κ2) is 17.6. The number of hydrogen-bond acceptors (Lipinski definition) is 5. The van der Waals surface area contributed by atoms with Crippen molar-refractivity contribution in [3.63, 3.8) is 0 Å². The molecule has 1 unspecified atom stereocenters. The standard InChI is InChI=1S/C38H41N3O4.C2H6/c1-3-27(2)34-14-7-8-15-35(34)40-37(29-10-9-11-29)39-31-20-16-28(17-21-31)26-36(42)41(32-12-5-4-6-13-32)24-25-45-33-22-18-30(19-23-33)38(43)44;1-2/h4-8,12-23,27,39-40H,3,9-11,24-26H2,1-2H3,(H,43,44);1-2H3. The first-order valence-electron chi connectivity index (χ1n) is 16.7. The first-order valence-corrected chi connectivity index (χ1v) is 16.7. The van der Waals surface area contributed by atoms with Gasteiger partial charge in [-0.25, -0.2) is 4.79 Å². The summed E-state index contributed by atoms with van der Waals surface area (Å²) in [5.74, 6) is 1.05. The largest absolute Gasteiger partial charge is 0.492 e. The molecule has 47 heavy (non-hydrogen) atoms. The molecule has 5 rings (SSSR count). The number of nitrogens with one attached hydrogen (secondary N) is 2. The molecule has 1 amide bonds. The van der Waals surface area contributed by atoms with E-state index in [9.17, 15) is 9.59 Å². The number of allylic oxidation sites excluding steroid dienone is 1. The lowest BCUT2D eigenvalue weighted by Gasteiger charge is -2.26. The summed E-state index contributed by atoms with van der Waals surface area (Å²) in [7, 11) is 0. The van der Waals surface area contributed by atoms with Gasteiger partial charge in [-0.05, 0) is 103 Å². The number of carbonyl (C=O) groups excluding carboxylic acids is 1. The van der Waals surface area contributed by atoms with Gasteiger partial charge in [0.2, 0.25) is 5.91 Å². The fourth-order valence-corrected chi connectivity index (χ4v) is 5.28. The van der Waals surface area contributed by atoms with Crippen LogP contribution >= 0.6 is 0 Å². The Labute approximate surface area is 279 Å². The molecule has 0 spiro atoms. The summed E-state index contributed by atoms with van der Waals surface area (Å²) in [5.41, 5.74) is 6.73. The number of rotatable bonds is 14. The van der Waals surface area contributed by atoms with Crippen LogP contribution in [0.1, 0.15) is 80.8 Å². The molecule has 1 saturated carbocycles. The van der Waals surface area contributed by atoms with Gasteiger partial charge in [-0.1, -0.05) is 76.2 Å². The lowest BCUT2D eigenvalue weighted by Crippen LogP contribution is -2.35. The predicted octanol–water partition coefficient (Wildman–Crippen LogP) is 9.50. The maximum absolute atomic E-state index is 13.6. The van der Waals surface area contributed by atoms with Gasteiger partial charge in [0.25, 0.3) is 0 Å². The minimum atomic E-state index is -0.985. The van der Waals surface area contributed by atoms with Crippen LogP contribution in [0.3, 0.4) is 0 Å². The Bertz CT molecular complexity index is 1610. The van der Waals surface area contributed by atoms with Crippen molar-refractivity contribution in [3.8, 4) is 5.75 Å². The SMILES string of the molecule is CC.CCC(C)c1ccccc1NC(Nc1ccc(CC(=O)N(CCOc2ccc(C(=O)O)cc2)c2ccccc2)cc1)=C1CCC1. The van der Waals surface area contributed by atoms with Crippen LogP contribution in [0.25, 0.3) is 0 Å². The third-order valence-electron chi connectivity index (χ3n) is 8.31. The van der Waals surface area contributed by atoms with Gasteiger partial charge in [0.1, 0.15) is 18.2 Å². The van der Waals surface area contributed by atoms with E-state index in [4.69, 9.17) is 9.84 Å². The van der Waals surface area contributed by atoms with E-state index in [0.717, 1.165) is 47.7 Å². The Kier molecular flexibility index (Phi) is 13.0. The minimum Gasteiger partial charge on any atom is -0.492 e. The molecule has 0 aromatic heterocycles. The van der Waals surface area contributed by atoms with Crippen molar-refractivity contribution in [3.05, 3.63) is 131 Å². The lowest BCUT2D eigenvalue weighted by molar-refractivity contribution is -0.118.